The van der Waals surface area contributed by atoms with Crippen LogP contribution in [-0.2, 0) is 27.4 Å². The normalized spacial score (nSPS) is 12.1. The third-order valence-electron chi connectivity index (χ3n) is 4.57. The van der Waals surface area contributed by atoms with Crippen LogP contribution in [0.2, 0.25) is 0 Å². The van der Waals surface area contributed by atoms with Crippen molar-refractivity contribution in [2.75, 3.05) is 0 Å². The smallest absolute Gasteiger partial charge is 0.407 e. The number of rotatable bonds is 10. The van der Waals surface area contributed by atoms with Gasteiger partial charge in [0.25, 0.3) is 0 Å². The number of ether oxygens (including phenoxy) is 2. The predicted molar refractivity (Wildman–Crippen MR) is 115 cm³/mol. The average molecular weight is 414 g/mol. The van der Waals surface area contributed by atoms with E-state index in [1.165, 1.54) is 5.56 Å². The van der Waals surface area contributed by atoms with Gasteiger partial charge in [0.1, 0.15) is 6.61 Å². The summed E-state index contributed by atoms with van der Waals surface area (Å²) >= 11 is 0. The SMILES string of the molecule is CC(C)O[C@@H](CC(=O)O)c1cccc(CNC(=O)OCc2ccc(C(C)C)cc2)c1. The summed E-state index contributed by atoms with van der Waals surface area (Å²) in [7, 11) is 0. The molecular formula is C24H31NO5. The lowest BCUT2D eigenvalue weighted by Gasteiger charge is -2.20. The van der Waals surface area contributed by atoms with Crippen LogP contribution >= 0.6 is 0 Å². The molecule has 6 heteroatoms. The van der Waals surface area contributed by atoms with Crippen LogP contribution in [0.4, 0.5) is 4.79 Å². The van der Waals surface area contributed by atoms with Crippen molar-refractivity contribution in [1.82, 2.24) is 5.32 Å². The lowest BCUT2D eigenvalue weighted by molar-refractivity contribution is -0.141. The Bertz CT molecular complexity index is 830. The van der Waals surface area contributed by atoms with Gasteiger partial charge < -0.3 is 19.9 Å². The van der Waals surface area contributed by atoms with E-state index in [0.717, 1.165) is 16.7 Å². The van der Waals surface area contributed by atoms with Gasteiger partial charge in [0.05, 0.1) is 18.6 Å². The number of carboxylic acids is 1. The number of nitrogens with one attached hydrogen (secondary N) is 1. The second-order valence-corrected chi connectivity index (χ2v) is 7.84. The largest absolute Gasteiger partial charge is 0.481 e. The van der Waals surface area contributed by atoms with Crippen LogP contribution in [0.1, 0.15) is 68.4 Å². The maximum absolute atomic E-state index is 12.0. The number of hydrogen-bond acceptors (Lipinski definition) is 4. The molecule has 0 aromatic heterocycles. The molecule has 2 aromatic rings. The molecule has 162 valence electrons. The highest BCUT2D eigenvalue weighted by Gasteiger charge is 2.18. The molecule has 2 rings (SSSR count). The third kappa shape index (κ3) is 7.87. The van der Waals surface area contributed by atoms with Crippen molar-refractivity contribution in [3.05, 3.63) is 70.8 Å². The molecule has 0 aliphatic rings. The van der Waals surface area contributed by atoms with E-state index in [0.29, 0.717) is 5.92 Å². The summed E-state index contributed by atoms with van der Waals surface area (Å²) in [6, 6.07) is 15.4. The third-order valence-corrected chi connectivity index (χ3v) is 4.57. The number of carbonyl (C=O) groups is 2. The van der Waals surface area contributed by atoms with Crippen molar-refractivity contribution in [2.45, 2.75) is 65.4 Å². The van der Waals surface area contributed by atoms with Crippen LogP contribution in [-0.4, -0.2) is 23.3 Å². The number of hydrogen-bond donors (Lipinski definition) is 2. The minimum Gasteiger partial charge on any atom is -0.481 e. The van der Waals surface area contributed by atoms with Crippen LogP contribution in [0.25, 0.3) is 0 Å². The summed E-state index contributed by atoms with van der Waals surface area (Å²) in [6.45, 7) is 8.48. The molecule has 0 saturated carbocycles. The number of carbonyl (C=O) groups excluding carboxylic acids is 1. The summed E-state index contributed by atoms with van der Waals surface area (Å²) in [6.07, 6.45) is -1.26. The molecule has 0 aliphatic carbocycles. The van der Waals surface area contributed by atoms with E-state index in [4.69, 9.17) is 14.6 Å². The zero-order chi connectivity index (χ0) is 22.1. The van der Waals surface area contributed by atoms with Crippen LogP contribution in [0.3, 0.4) is 0 Å². The van der Waals surface area contributed by atoms with E-state index in [-0.39, 0.29) is 25.7 Å². The fourth-order valence-corrected chi connectivity index (χ4v) is 3.01. The molecule has 0 fully saturated rings. The van der Waals surface area contributed by atoms with E-state index in [1.807, 2.05) is 62.4 Å². The molecule has 1 amide bonds. The highest BCUT2D eigenvalue weighted by Crippen LogP contribution is 2.24. The maximum Gasteiger partial charge on any atom is 0.407 e. The van der Waals surface area contributed by atoms with Crippen molar-refractivity contribution >= 4 is 12.1 Å². The summed E-state index contributed by atoms with van der Waals surface area (Å²) in [5.41, 5.74) is 3.78. The topological polar surface area (TPSA) is 84.9 Å². The minimum absolute atomic E-state index is 0.0966. The second-order valence-electron chi connectivity index (χ2n) is 7.84. The number of alkyl carbamates (subject to hydrolysis) is 1. The molecule has 2 aromatic carbocycles. The molecule has 6 nitrogen and oxygen atoms in total. The zero-order valence-electron chi connectivity index (χ0n) is 18.1. The Morgan fingerprint density at radius 2 is 1.67 bits per heavy atom. The maximum atomic E-state index is 12.0. The van der Waals surface area contributed by atoms with E-state index < -0.39 is 18.2 Å². The van der Waals surface area contributed by atoms with E-state index >= 15 is 0 Å². The van der Waals surface area contributed by atoms with Crippen molar-refractivity contribution in [3.8, 4) is 0 Å². The first kappa shape index (κ1) is 23.4. The molecule has 0 heterocycles. The Morgan fingerprint density at radius 3 is 2.27 bits per heavy atom. The number of carboxylic acid groups (broad SMARTS) is 1. The Morgan fingerprint density at radius 1 is 0.967 bits per heavy atom. The van der Waals surface area contributed by atoms with E-state index in [9.17, 15) is 9.59 Å². The van der Waals surface area contributed by atoms with Crippen molar-refractivity contribution in [3.63, 3.8) is 0 Å². The molecule has 0 spiro atoms. The average Bonchev–Trinajstić information content (AvgIpc) is 2.70. The second kappa shape index (κ2) is 11.4. The first-order valence-electron chi connectivity index (χ1n) is 10.2. The highest BCUT2D eigenvalue weighted by molar-refractivity contribution is 5.68. The molecular weight excluding hydrogens is 382 g/mol. The van der Waals surface area contributed by atoms with Gasteiger partial charge in [0.2, 0.25) is 0 Å². The summed E-state index contributed by atoms with van der Waals surface area (Å²) in [5, 5.41) is 11.9. The van der Waals surface area contributed by atoms with E-state index in [2.05, 4.69) is 19.2 Å². The first-order valence-corrected chi connectivity index (χ1v) is 10.2. The van der Waals surface area contributed by atoms with Crippen molar-refractivity contribution in [1.29, 1.82) is 0 Å². The van der Waals surface area contributed by atoms with Gasteiger partial charge in [-0.15, -0.1) is 0 Å². The first-order chi connectivity index (χ1) is 14.2. The van der Waals surface area contributed by atoms with Crippen molar-refractivity contribution < 1.29 is 24.2 Å². The van der Waals surface area contributed by atoms with Gasteiger partial charge in [-0.1, -0.05) is 62.4 Å². The van der Waals surface area contributed by atoms with Crippen LogP contribution in [0, 0.1) is 0 Å². The number of benzene rings is 2. The molecule has 30 heavy (non-hydrogen) atoms. The molecule has 0 radical (unpaired) electrons. The van der Waals surface area contributed by atoms with Gasteiger partial charge in [-0.3, -0.25) is 4.79 Å². The molecule has 0 bridgehead atoms. The molecule has 0 aliphatic heterocycles. The minimum atomic E-state index is -0.922. The Hall–Kier alpha value is -2.86. The van der Waals surface area contributed by atoms with Crippen LogP contribution < -0.4 is 5.32 Å². The van der Waals surface area contributed by atoms with Crippen LogP contribution in [0.5, 0.6) is 0 Å². The van der Waals surface area contributed by atoms with Gasteiger partial charge in [0, 0.05) is 6.54 Å². The number of amides is 1. The van der Waals surface area contributed by atoms with Gasteiger partial charge in [-0.2, -0.15) is 0 Å². The monoisotopic (exact) mass is 413 g/mol. The number of aliphatic carboxylic acids is 1. The van der Waals surface area contributed by atoms with E-state index in [1.54, 1.807) is 0 Å². The van der Waals surface area contributed by atoms with Gasteiger partial charge >= 0.3 is 12.1 Å². The lowest BCUT2D eigenvalue weighted by Crippen LogP contribution is -2.23. The molecule has 0 saturated heterocycles. The van der Waals surface area contributed by atoms with Crippen LogP contribution in [0.15, 0.2) is 48.5 Å². The lowest BCUT2D eigenvalue weighted by atomic mass is 10.0. The fraction of sp³-hybridized carbons (Fsp3) is 0.417. The summed E-state index contributed by atoms with van der Waals surface area (Å²) in [5.74, 6) is -0.464. The van der Waals surface area contributed by atoms with Gasteiger partial charge in [0.15, 0.2) is 0 Å². The molecule has 1 atom stereocenters. The Kier molecular flexibility index (Phi) is 8.87. The highest BCUT2D eigenvalue weighted by atomic mass is 16.5. The molecule has 2 N–H and O–H groups in total. The Labute approximate surface area is 178 Å². The predicted octanol–water partition coefficient (Wildman–Crippen LogP) is 5.18. The van der Waals surface area contributed by atoms with Gasteiger partial charge in [-0.25, -0.2) is 4.79 Å². The fourth-order valence-electron chi connectivity index (χ4n) is 3.01. The standard InChI is InChI=1S/C24H31NO5/c1-16(2)20-10-8-18(9-11-20)15-29-24(28)25-14-19-6-5-7-21(12-19)22(13-23(26)27)30-17(3)4/h5-12,16-17,22H,13-15H2,1-4H3,(H,25,28)(H,26,27)/t22-/m0/s1. The van der Waals surface area contributed by atoms with Crippen molar-refractivity contribution in [2.24, 2.45) is 0 Å². The summed E-state index contributed by atoms with van der Waals surface area (Å²) < 4.78 is 11.0. The Balaban J connectivity index is 1.89. The molecule has 0 unspecified atom stereocenters. The zero-order valence-corrected chi connectivity index (χ0v) is 18.1. The van der Waals surface area contributed by atoms with Gasteiger partial charge in [-0.05, 0) is 42.0 Å². The summed E-state index contributed by atoms with van der Waals surface area (Å²) in [4.78, 5) is 23.2. The quantitative estimate of drug-likeness (QED) is 0.561.